The van der Waals surface area contributed by atoms with E-state index in [2.05, 4.69) is 191 Å². The topological polar surface area (TPSA) is 12.9 Å². The maximum atomic E-state index is 5.20. The lowest BCUT2D eigenvalue weighted by atomic mass is 9.81. The Kier molecular flexibility index (Phi) is 7.58. The number of rotatable bonds is 6. The number of hydrogen-bond donors (Lipinski definition) is 0. The molecule has 1 aliphatic rings. The fourth-order valence-corrected chi connectivity index (χ4v) is 8.61. The van der Waals surface area contributed by atoms with Gasteiger partial charge in [-0.05, 0) is 79.9 Å². The summed E-state index contributed by atoms with van der Waals surface area (Å²) in [7, 11) is -1.36. The zero-order chi connectivity index (χ0) is 33.8. The average molecular weight is 648 g/mol. The molecule has 0 fully saturated rings. The molecule has 0 bridgehead atoms. The number of nitrogens with zero attached hydrogens (tertiary/aromatic N) is 1. The van der Waals surface area contributed by atoms with Crippen LogP contribution in [-0.4, -0.2) is 13.1 Å². The van der Waals surface area contributed by atoms with Gasteiger partial charge in [-0.15, -0.1) is 0 Å². The molecule has 2 heteroatoms. The Morgan fingerprint density at radius 2 is 0.980 bits per heavy atom. The first kappa shape index (κ1) is 31.0. The summed E-state index contributed by atoms with van der Waals surface area (Å²) in [5.74, 6) is 0. The third kappa shape index (κ3) is 5.66. The first-order valence-corrected chi connectivity index (χ1v) is 20.8. The lowest BCUT2D eigenvalue weighted by Gasteiger charge is -2.22. The van der Waals surface area contributed by atoms with E-state index in [1.807, 2.05) is 0 Å². The van der Waals surface area contributed by atoms with Crippen molar-refractivity contribution >= 4 is 13.3 Å². The van der Waals surface area contributed by atoms with Gasteiger partial charge in [0.15, 0.2) is 0 Å². The maximum absolute atomic E-state index is 5.20. The lowest BCUT2D eigenvalue weighted by molar-refractivity contribution is 0.660. The number of pyridine rings is 1. The van der Waals surface area contributed by atoms with Gasteiger partial charge in [0, 0.05) is 16.5 Å². The van der Waals surface area contributed by atoms with Crippen LogP contribution in [-0.2, 0) is 5.41 Å². The summed E-state index contributed by atoms with van der Waals surface area (Å²) >= 11 is 0. The molecule has 238 valence electrons. The molecule has 1 aliphatic carbocycles. The highest BCUT2D eigenvalue weighted by atomic mass is 28.3. The van der Waals surface area contributed by atoms with E-state index in [1.54, 1.807) is 0 Å². The molecule has 1 nitrogen and oxygen atoms in total. The molecule has 0 unspecified atom stereocenters. The van der Waals surface area contributed by atoms with Crippen molar-refractivity contribution in [2.24, 2.45) is 0 Å². The van der Waals surface area contributed by atoms with Gasteiger partial charge in [-0.1, -0.05) is 172 Å². The molecule has 0 spiro atoms. The Balaban J connectivity index is 1.20. The molecule has 0 saturated heterocycles. The van der Waals surface area contributed by atoms with E-state index in [9.17, 15) is 0 Å². The highest BCUT2D eigenvalue weighted by Crippen LogP contribution is 2.53. The molecule has 0 radical (unpaired) electrons. The van der Waals surface area contributed by atoms with Gasteiger partial charge in [0.1, 0.15) is 0 Å². The van der Waals surface area contributed by atoms with Crippen molar-refractivity contribution in [3.8, 4) is 67.0 Å². The van der Waals surface area contributed by atoms with Crippen LogP contribution >= 0.6 is 0 Å². The molecular formula is C47H41NSi. The van der Waals surface area contributed by atoms with E-state index in [1.165, 1.54) is 55.3 Å². The second-order valence-electron chi connectivity index (χ2n) is 14.9. The summed E-state index contributed by atoms with van der Waals surface area (Å²) in [6.45, 7) is 12.0. The minimum atomic E-state index is -1.36. The normalized spacial score (nSPS) is 13.2. The Morgan fingerprint density at radius 3 is 1.67 bits per heavy atom. The van der Waals surface area contributed by atoms with Gasteiger partial charge in [0.2, 0.25) is 0 Å². The third-order valence-electron chi connectivity index (χ3n) is 10.3. The zero-order valence-electron chi connectivity index (χ0n) is 29.0. The quantitative estimate of drug-likeness (QED) is 0.164. The second kappa shape index (κ2) is 12.0. The minimum Gasteiger partial charge on any atom is -0.248 e. The number of hydrogen-bond acceptors (Lipinski definition) is 1. The molecule has 8 rings (SSSR count). The van der Waals surface area contributed by atoms with Crippen molar-refractivity contribution in [1.29, 1.82) is 0 Å². The predicted octanol–water partition coefficient (Wildman–Crippen LogP) is 12.3. The fraction of sp³-hybridized carbons (Fsp3) is 0.128. The van der Waals surface area contributed by atoms with E-state index < -0.39 is 8.07 Å². The van der Waals surface area contributed by atoms with Gasteiger partial charge in [-0.25, -0.2) is 4.98 Å². The first-order valence-electron chi connectivity index (χ1n) is 17.3. The predicted molar refractivity (Wildman–Crippen MR) is 212 cm³/mol. The molecule has 0 N–H and O–H groups in total. The van der Waals surface area contributed by atoms with Crippen molar-refractivity contribution in [1.82, 2.24) is 4.98 Å². The van der Waals surface area contributed by atoms with Crippen LogP contribution in [0.2, 0.25) is 19.6 Å². The molecule has 0 aliphatic heterocycles. The van der Waals surface area contributed by atoms with Gasteiger partial charge in [-0.2, -0.15) is 0 Å². The standard InChI is InChI=1S/C47H41NSi/c1-47(2)42-21-13-20-40(33-22-25-39(26-23-33)49(3,4)5)46(42)41-27-24-36(29-43(41)47)35-18-12-19-37(28-35)45-31-38(32-14-8-6-9-15-32)30-44(48-45)34-16-10-7-11-17-34/h6-31H,1-5H3. The summed E-state index contributed by atoms with van der Waals surface area (Å²) in [4.78, 5) is 5.20. The smallest absolute Gasteiger partial charge is 0.0775 e. The van der Waals surface area contributed by atoms with Crippen LogP contribution in [0.25, 0.3) is 67.0 Å². The zero-order valence-corrected chi connectivity index (χ0v) is 30.0. The van der Waals surface area contributed by atoms with Crippen molar-refractivity contribution < 1.29 is 0 Å². The molecule has 49 heavy (non-hydrogen) atoms. The van der Waals surface area contributed by atoms with Gasteiger partial charge in [0.25, 0.3) is 0 Å². The highest BCUT2D eigenvalue weighted by Gasteiger charge is 2.37. The van der Waals surface area contributed by atoms with E-state index in [0.717, 1.165) is 28.1 Å². The summed E-state index contributed by atoms with van der Waals surface area (Å²) in [5, 5.41) is 1.50. The average Bonchev–Trinajstić information content (AvgIpc) is 3.37. The molecule has 0 atom stereocenters. The van der Waals surface area contributed by atoms with Gasteiger partial charge < -0.3 is 0 Å². The van der Waals surface area contributed by atoms with E-state index >= 15 is 0 Å². The Morgan fingerprint density at radius 1 is 0.408 bits per heavy atom. The summed E-state index contributed by atoms with van der Waals surface area (Å²) in [6.07, 6.45) is 0. The Labute approximate surface area is 292 Å². The molecule has 7 aromatic rings. The molecule has 0 saturated carbocycles. The largest absolute Gasteiger partial charge is 0.248 e. The van der Waals surface area contributed by atoms with E-state index in [0.29, 0.717) is 0 Å². The number of fused-ring (bicyclic) bond motifs is 3. The van der Waals surface area contributed by atoms with Gasteiger partial charge in [-0.3, -0.25) is 0 Å². The van der Waals surface area contributed by atoms with E-state index in [4.69, 9.17) is 4.98 Å². The summed E-state index contributed by atoms with van der Waals surface area (Å²) in [5.41, 5.74) is 16.9. The van der Waals surface area contributed by atoms with Gasteiger partial charge in [0.05, 0.1) is 19.5 Å². The summed E-state index contributed by atoms with van der Waals surface area (Å²) in [6, 6.07) is 57.7. The number of aromatic nitrogens is 1. The number of benzene rings is 6. The highest BCUT2D eigenvalue weighted by molar-refractivity contribution is 6.88. The first-order chi connectivity index (χ1) is 23.7. The van der Waals surface area contributed by atoms with Crippen LogP contribution in [0.15, 0.2) is 158 Å². The van der Waals surface area contributed by atoms with Crippen LogP contribution in [0, 0.1) is 0 Å². The van der Waals surface area contributed by atoms with Crippen molar-refractivity contribution in [3.63, 3.8) is 0 Å². The van der Waals surface area contributed by atoms with Crippen molar-refractivity contribution in [3.05, 3.63) is 169 Å². The van der Waals surface area contributed by atoms with Crippen molar-refractivity contribution in [2.75, 3.05) is 0 Å². The second-order valence-corrected chi connectivity index (χ2v) is 20.0. The molecule has 1 heterocycles. The molecule has 6 aromatic carbocycles. The molecule has 0 amide bonds. The molecular weight excluding hydrogens is 607 g/mol. The maximum Gasteiger partial charge on any atom is 0.0775 e. The third-order valence-corrected chi connectivity index (χ3v) is 12.3. The van der Waals surface area contributed by atoms with Crippen LogP contribution in [0.5, 0.6) is 0 Å². The van der Waals surface area contributed by atoms with Crippen LogP contribution in [0.1, 0.15) is 25.0 Å². The van der Waals surface area contributed by atoms with Crippen LogP contribution < -0.4 is 5.19 Å². The Bertz CT molecular complexity index is 2250. The Hall–Kier alpha value is -5.31. The van der Waals surface area contributed by atoms with Crippen molar-refractivity contribution in [2.45, 2.75) is 38.9 Å². The monoisotopic (exact) mass is 647 g/mol. The van der Waals surface area contributed by atoms with Crippen LogP contribution in [0.4, 0.5) is 0 Å². The minimum absolute atomic E-state index is 0.108. The summed E-state index contributed by atoms with van der Waals surface area (Å²) < 4.78 is 0. The lowest BCUT2D eigenvalue weighted by Crippen LogP contribution is -2.37. The van der Waals surface area contributed by atoms with E-state index in [-0.39, 0.29) is 5.41 Å². The van der Waals surface area contributed by atoms with Gasteiger partial charge >= 0.3 is 0 Å². The fourth-order valence-electron chi connectivity index (χ4n) is 7.45. The molecule has 1 aromatic heterocycles. The van der Waals surface area contributed by atoms with Crippen LogP contribution in [0.3, 0.4) is 0 Å². The SMILES string of the molecule is CC1(C)c2cc(-c3cccc(-c4cc(-c5ccccc5)cc(-c5ccccc5)n4)c3)ccc2-c2c(-c3ccc([Si](C)(C)C)cc3)cccc21.